The topological polar surface area (TPSA) is 27.7 Å². The molecule has 80 valence electrons. The molecule has 0 unspecified atom stereocenters. The van der Waals surface area contributed by atoms with E-state index in [0.29, 0.717) is 0 Å². The maximum Gasteiger partial charge on any atom is 0.0594 e. The second-order valence-corrected chi connectivity index (χ2v) is 3.76. The molecule has 0 spiro atoms. The Morgan fingerprint density at radius 1 is 1.14 bits per heavy atom. The van der Waals surface area contributed by atoms with Crippen LogP contribution in [0.15, 0.2) is 12.4 Å². The first-order chi connectivity index (χ1) is 6.95. The number of nitrogens with zero attached hydrogens (tertiary/aromatic N) is 2. The fourth-order valence-electron chi connectivity index (χ4n) is 1.81. The van der Waals surface area contributed by atoms with E-state index in [-0.39, 0.29) is 0 Å². The van der Waals surface area contributed by atoms with Crippen LogP contribution in [0.2, 0.25) is 0 Å². The van der Waals surface area contributed by atoms with Crippen molar-refractivity contribution in [3.63, 3.8) is 0 Å². The van der Waals surface area contributed by atoms with E-state index in [4.69, 9.17) is 4.74 Å². The largest absolute Gasteiger partial charge is 0.388 e. The summed E-state index contributed by atoms with van der Waals surface area (Å²) >= 11 is 0. The van der Waals surface area contributed by atoms with E-state index in [0.717, 1.165) is 52.5 Å². The molecule has 2 heterocycles. The smallest absolute Gasteiger partial charge is 0.0594 e. The summed E-state index contributed by atoms with van der Waals surface area (Å²) in [5, 5.41) is 3.20. The maximum atomic E-state index is 5.31. The van der Waals surface area contributed by atoms with Gasteiger partial charge in [0.15, 0.2) is 0 Å². The first-order valence-electron chi connectivity index (χ1n) is 5.39. The molecule has 0 radical (unpaired) electrons. The molecule has 1 fully saturated rings. The number of morpholine rings is 1. The Kier molecular flexibility index (Phi) is 3.65. The highest BCUT2D eigenvalue weighted by molar-refractivity contribution is 4.86. The van der Waals surface area contributed by atoms with Gasteiger partial charge in [-0.2, -0.15) is 0 Å². The molecule has 0 aromatic heterocycles. The molecule has 0 aromatic rings. The Labute approximate surface area is 85.5 Å². The van der Waals surface area contributed by atoms with E-state index >= 15 is 0 Å². The van der Waals surface area contributed by atoms with Gasteiger partial charge in [-0.15, -0.1) is 0 Å². The highest BCUT2D eigenvalue weighted by atomic mass is 16.5. The second-order valence-electron chi connectivity index (χ2n) is 3.76. The van der Waals surface area contributed by atoms with Crippen LogP contribution in [-0.4, -0.2) is 62.3 Å². The number of hydrogen-bond acceptors (Lipinski definition) is 4. The average molecular weight is 197 g/mol. The van der Waals surface area contributed by atoms with E-state index in [1.807, 2.05) is 6.20 Å². The van der Waals surface area contributed by atoms with E-state index in [9.17, 15) is 0 Å². The van der Waals surface area contributed by atoms with Crippen LogP contribution in [0.3, 0.4) is 0 Å². The third kappa shape index (κ3) is 2.89. The summed E-state index contributed by atoms with van der Waals surface area (Å²) in [6.45, 7) is 8.48. The number of hydrogen-bond donors (Lipinski definition) is 1. The summed E-state index contributed by atoms with van der Waals surface area (Å²) in [7, 11) is 0. The van der Waals surface area contributed by atoms with Gasteiger partial charge in [0.1, 0.15) is 0 Å². The van der Waals surface area contributed by atoms with Gasteiger partial charge < -0.3 is 15.0 Å². The number of rotatable bonds is 3. The van der Waals surface area contributed by atoms with Crippen molar-refractivity contribution in [2.75, 3.05) is 52.5 Å². The van der Waals surface area contributed by atoms with Crippen LogP contribution >= 0.6 is 0 Å². The number of ether oxygens (including phenoxy) is 1. The van der Waals surface area contributed by atoms with Gasteiger partial charge in [0, 0.05) is 51.7 Å². The van der Waals surface area contributed by atoms with Gasteiger partial charge >= 0.3 is 0 Å². The zero-order chi connectivity index (χ0) is 9.64. The van der Waals surface area contributed by atoms with Crippen molar-refractivity contribution < 1.29 is 4.74 Å². The molecule has 0 saturated carbocycles. The van der Waals surface area contributed by atoms with Crippen molar-refractivity contribution in [2.24, 2.45) is 0 Å². The highest BCUT2D eigenvalue weighted by Gasteiger charge is 2.11. The minimum Gasteiger partial charge on any atom is -0.388 e. The lowest BCUT2D eigenvalue weighted by atomic mass is 10.3. The standard InChI is InChI=1S/C10H19N3O/c1-3-12(4-2-11-1)5-6-13-7-9-14-10-8-13/h1,3,11H,2,4-10H2. The molecular weight excluding hydrogens is 178 g/mol. The Morgan fingerprint density at radius 3 is 2.71 bits per heavy atom. The molecule has 2 rings (SSSR count). The highest BCUT2D eigenvalue weighted by Crippen LogP contribution is 1.99. The molecule has 14 heavy (non-hydrogen) atoms. The minimum atomic E-state index is 0.900. The fourth-order valence-corrected chi connectivity index (χ4v) is 1.81. The van der Waals surface area contributed by atoms with E-state index in [1.165, 1.54) is 0 Å². The van der Waals surface area contributed by atoms with Gasteiger partial charge in [-0.25, -0.2) is 0 Å². The summed E-state index contributed by atoms with van der Waals surface area (Å²) in [6.07, 6.45) is 4.17. The summed E-state index contributed by atoms with van der Waals surface area (Å²) in [5.74, 6) is 0. The molecule has 4 nitrogen and oxygen atoms in total. The molecule has 0 bridgehead atoms. The summed E-state index contributed by atoms with van der Waals surface area (Å²) < 4.78 is 5.31. The molecule has 2 aliphatic heterocycles. The molecule has 0 amide bonds. The molecular formula is C10H19N3O. The van der Waals surface area contributed by atoms with Gasteiger partial charge in [0.05, 0.1) is 13.2 Å². The summed E-state index contributed by atoms with van der Waals surface area (Å²) in [5.41, 5.74) is 0. The van der Waals surface area contributed by atoms with Gasteiger partial charge in [-0.05, 0) is 0 Å². The van der Waals surface area contributed by atoms with Gasteiger partial charge in [-0.1, -0.05) is 0 Å². The van der Waals surface area contributed by atoms with Crippen molar-refractivity contribution in [1.82, 2.24) is 15.1 Å². The van der Waals surface area contributed by atoms with Crippen molar-refractivity contribution in [1.29, 1.82) is 0 Å². The predicted octanol–water partition coefficient (Wildman–Crippen LogP) is -0.305. The summed E-state index contributed by atoms with van der Waals surface area (Å²) in [6, 6.07) is 0. The lowest BCUT2D eigenvalue weighted by Crippen LogP contribution is -2.42. The van der Waals surface area contributed by atoms with Crippen LogP contribution in [0.4, 0.5) is 0 Å². The van der Waals surface area contributed by atoms with Crippen molar-refractivity contribution in [3.8, 4) is 0 Å². The van der Waals surface area contributed by atoms with Crippen molar-refractivity contribution in [2.45, 2.75) is 0 Å². The normalized spacial score (nSPS) is 23.6. The molecule has 1 saturated heterocycles. The van der Waals surface area contributed by atoms with E-state index < -0.39 is 0 Å². The Bertz CT molecular complexity index is 190. The van der Waals surface area contributed by atoms with Crippen LogP contribution in [-0.2, 0) is 4.74 Å². The van der Waals surface area contributed by atoms with Gasteiger partial charge in [0.2, 0.25) is 0 Å². The van der Waals surface area contributed by atoms with E-state index in [1.54, 1.807) is 0 Å². The molecule has 1 N–H and O–H groups in total. The third-order valence-electron chi connectivity index (χ3n) is 2.75. The monoisotopic (exact) mass is 197 g/mol. The Balaban J connectivity index is 1.65. The Morgan fingerprint density at radius 2 is 2.00 bits per heavy atom. The van der Waals surface area contributed by atoms with Gasteiger partial charge in [-0.3, -0.25) is 4.90 Å². The maximum absolute atomic E-state index is 5.31. The second kappa shape index (κ2) is 5.22. The third-order valence-corrected chi connectivity index (χ3v) is 2.75. The number of nitrogens with one attached hydrogen (secondary N) is 1. The molecule has 4 heteroatoms. The van der Waals surface area contributed by atoms with Crippen LogP contribution in [0.5, 0.6) is 0 Å². The zero-order valence-electron chi connectivity index (χ0n) is 8.61. The van der Waals surface area contributed by atoms with Crippen molar-refractivity contribution >= 4 is 0 Å². The minimum absolute atomic E-state index is 0.900. The lowest BCUT2D eigenvalue weighted by molar-refractivity contribution is 0.0351. The van der Waals surface area contributed by atoms with Crippen LogP contribution in [0, 0.1) is 0 Å². The Hall–Kier alpha value is -0.740. The quantitative estimate of drug-likeness (QED) is 0.672. The van der Waals surface area contributed by atoms with Crippen LogP contribution in [0.1, 0.15) is 0 Å². The SMILES string of the molecule is C1=CN(CCN2CCOCC2)CCN1. The zero-order valence-corrected chi connectivity index (χ0v) is 8.61. The molecule has 2 aliphatic rings. The molecule has 0 aromatic carbocycles. The summed E-state index contributed by atoms with van der Waals surface area (Å²) in [4.78, 5) is 4.84. The van der Waals surface area contributed by atoms with E-state index in [2.05, 4.69) is 21.3 Å². The average Bonchev–Trinajstić information content (AvgIpc) is 2.29. The fraction of sp³-hybridized carbons (Fsp3) is 0.800. The van der Waals surface area contributed by atoms with Gasteiger partial charge in [0.25, 0.3) is 0 Å². The first-order valence-corrected chi connectivity index (χ1v) is 5.39. The first kappa shape index (κ1) is 9.80. The predicted molar refractivity (Wildman–Crippen MR) is 56.0 cm³/mol. The van der Waals surface area contributed by atoms with Crippen LogP contribution in [0.25, 0.3) is 0 Å². The lowest BCUT2D eigenvalue weighted by Gasteiger charge is -2.30. The molecule has 0 aliphatic carbocycles. The van der Waals surface area contributed by atoms with Crippen LogP contribution < -0.4 is 5.32 Å². The van der Waals surface area contributed by atoms with Crippen molar-refractivity contribution in [3.05, 3.63) is 12.4 Å². The molecule has 0 atom stereocenters.